The second-order valence-corrected chi connectivity index (χ2v) is 5.48. The van der Waals surface area contributed by atoms with Crippen LogP contribution in [-0.4, -0.2) is 4.92 Å². The Bertz CT molecular complexity index is 957. The molecule has 0 aliphatic heterocycles. The Morgan fingerprint density at radius 2 is 1.79 bits per heavy atom. The fourth-order valence-corrected chi connectivity index (χ4v) is 2.70. The first-order valence-electron chi connectivity index (χ1n) is 7.57. The lowest BCUT2D eigenvalue weighted by Crippen LogP contribution is -2.32. The van der Waals surface area contributed by atoms with Gasteiger partial charge in [-0.05, 0) is 35.4 Å². The van der Waals surface area contributed by atoms with Gasteiger partial charge in [-0.1, -0.05) is 24.8 Å². The first-order chi connectivity index (χ1) is 11.6. The third-order valence-electron chi connectivity index (χ3n) is 4.05. The summed E-state index contributed by atoms with van der Waals surface area (Å²) in [4.78, 5) is 10.4. The van der Waals surface area contributed by atoms with E-state index in [0.29, 0.717) is 0 Å². The molecule has 0 spiro atoms. The third kappa shape index (κ3) is 2.94. The van der Waals surface area contributed by atoms with E-state index in [1.54, 1.807) is 18.2 Å². The van der Waals surface area contributed by atoms with Crippen LogP contribution in [0.5, 0.6) is 0 Å². The van der Waals surface area contributed by atoms with Crippen LogP contribution in [0.3, 0.4) is 0 Å². The number of hydrogen-bond acceptors (Lipinski definition) is 2. The minimum absolute atomic E-state index is 0.0819. The number of nitro benzene ring substituents is 1. The Morgan fingerprint density at radius 1 is 1.08 bits per heavy atom. The average molecular weight is 317 g/mol. The summed E-state index contributed by atoms with van der Waals surface area (Å²) in [5.74, 6) is 0. The first-order valence-corrected chi connectivity index (χ1v) is 7.57. The highest BCUT2D eigenvalue weighted by atomic mass is 16.6. The summed E-state index contributed by atoms with van der Waals surface area (Å²) in [6, 6.07) is 18.8. The summed E-state index contributed by atoms with van der Waals surface area (Å²) in [5.41, 5.74) is 4.05. The number of aryl methyl sites for hydroxylation is 1. The summed E-state index contributed by atoms with van der Waals surface area (Å²) >= 11 is 0. The lowest BCUT2D eigenvalue weighted by molar-refractivity contribution is -0.646. The number of fused-ring (bicyclic) bond motifs is 1. The molecule has 0 radical (unpaired) electrons. The lowest BCUT2D eigenvalue weighted by Gasteiger charge is -2.04. The second kappa shape index (κ2) is 6.46. The van der Waals surface area contributed by atoms with Crippen molar-refractivity contribution in [1.82, 2.24) is 0 Å². The molecule has 4 heteroatoms. The smallest absolute Gasteiger partial charge is 0.258 e. The number of allylic oxidation sites excluding steroid dienone is 2. The molecule has 4 nitrogen and oxygen atoms in total. The molecule has 1 heterocycles. The molecular weight excluding hydrogens is 300 g/mol. The van der Waals surface area contributed by atoms with Gasteiger partial charge in [-0.15, -0.1) is 0 Å². The molecule has 0 bridgehead atoms. The van der Waals surface area contributed by atoms with Crippen LogP contribution in [0.15, 0.2) is 73.3 Å². The maximum Gasteiger partial charge on any atom is 0.269 e. The summed E-state index contributed by atoms with van der Waals surface area (Å²) in [5, 5.41) is 12.0. The van der Waals surface area contributed by atoms with Crippen molar-refractivity contribution in [3.05, 3.63) is 94.7 Å². The molecule has 1 aromatic heterocycles. The van der Waals surface area contributed by atoms with Crippen molar-refractivity contribution >= 4 is 28.2 Å². The number of non-ortho nitro benzene ring substituents is 1. The van der Waals surface area contributed by atoms with Gasteiger partial charge in [0.25, 0.3) is 5.69 Å². The van der Waals surface area contributed by atoms with E-state index in [1.165, 1.54) is 17.5 Å². The van der Waals surface area contributed by atoms with Crippen LogP contribution in [0.25, 0.3) is 22.6 Å². The molecule has 0 saturated heterocycles. The van der Waals surface area contributed by atoms with Crippen LogP contribution in [0.4, 0.5) is 5.69 Å². The number of para-hydroxylation sites is 1. The van der Waals surface area contributed by atoms with Gasteiger partial charge in [0.15, 0.2) is 0 Å². The predicted molar refractivity (Wildman–Crippen MR) is 96.3 cm³/mol. The minimum Gasteiger partial charge on any atom is -0.258 e. The highest BCUT2D eigenvalue weighted by Gasteiger charge is 2.11. The zero-order chi connectivity index (χ0) is 17.1. The van der Waals surface area contributed by atoms with Crippen LogP contribution in [0.1, 0.15) is 11.3 Å². The normalized spacial score (nSPS) is 11.5. The van der Waals surface area contributed by atoms with E-state index in [1.807, 2.05) is 25.3 Å². The molecule has 0 aliphatic rings. The first kappa shape index (κ1) is 15.6. The van der Waals surface area contributed by atoms with Crippen LogP contribution in [-0.2, 0) is 7.05 Å². The van der Waals surface area contributed by atoms with Gasteiger partial charge in [-0.3, -0.25) is 10.1 Å². The fraction of sp³-hybridized carbons (Fsp3) is 0.0500. The molecule has 2 aromatic carbocycles. The maximum absolute atomic E-state index is 10.8. The van der Waals surface area contributed by atoms with Gasteiger partial charge < -0.3 is 0 Å². The SMILES string of the molecule is C=CC(=Cc1ccc2ccccc2[n+]1C)c1ccc([N+](=O)[O-])cc1. The lowest BCUT2D eigenvalue weighted by atomic mass is 10.0. The van der Waals surface area contributed by atoms with E-state index in [-0.39, 0.29) is 5.69 Å². The van der Waals surface area contributed by atoms with Crippen molar-refractivity contribution in [3.63, 3.8) is 0 Å². The van der Waals surface area contributed by atoms with Crippen molar-refractivity contribution in [2.45, 2.75) is 0 Å². The van der Waals surface area contributed by atoms with Gasteiger partial charge in [0.2, 0.25) is 11.2 Å². The van der Waals surface area contributed by atoms with Crippen molar-refractivity contribution in [2.75, 3.05) is 0 Å². The van der Waals surface area contributed by atoms with E-state index >= 15 is 0 Å². The number of nitro groups is 1. The van der Waals surface area contributed by atoms with Gasteiger partial charge in [0.05, 0.1) is 4.92 Å². The zero-order valence-electron chi connectivity index (χ0n) is 13.3. The molecule has 0 amide bonds. The van der Waals surface area contributed by atoms with Gasteiger partial charge in [-0.2, -0.15) is 4.57 Å². The van der Waals surface area contributed by atoms with Crippen molar-refractivity contribution < 1.29 is 9.49 Å². The molecule has 0 unspecified atom stereocenters. The predicted octanol–water partition coefficient (Wildman–Crippen LogP) is 4.30. The zero-order valence-corrected chi connectivity index (χ0v) is 13.3. The van der Waals surface area contributed by atoms with E-state index in [2.05, 4.69) is 35.4 Å². The number of pyridine rings is 1. The van der Waals surface area contributed by atoms with Crippen LogP contribution in [0, 0.1) is 10.1 Å². The van der Waals surface area contributed by atoms with Crippen molar-refractivity contribution in [1.29, 1.82) is 0 Å². The monoisotopic (exact) mass is 317 g/mol. The number of hydrogen-bond donors (Lipinski definition) is 0. The van der Waals surface area contributed by atoms with Crippen LogP contribution >= 0.6 is 0 Å². The molecule has 3 rings (SSSR count). The fourth-order valence-electron chi connectivity index (χ4n) is 2.70. The molecule has 3 aromatic rings. The highest BCUT2D eigenvalue weighted by molar-refractivity contribution is 5.87. The summed E-state index contributed by atoms with van der Waals surface area (Å²) < 4.78 is 2.12. The molecule has 0 N–H and O–H groups in total. The van der Waals surface area contributed by atoms with Gasteiger partial charge in [0, 0.05) is 35.7 Å². The number of rotatable bonds is 4. The van der Waals surface area contributed by atoms with E-state index in [0.717, 1.165) is 22.3 Å². The number of nitrogens with zero attached hydrogens (tertiary/aromatic N) is 2. The average Bonchev–Trinajstić information content (AvgIpc) is 2.61. The van der Waals surface area contributed by atoms with Crippen molar-refractivity contribution in [3.8, 4) is 0 Å². The Morgan fingerprint density at radius 3 is 2.46 bits per heavy atom. The summed E-state index contributed by atoms with van der Waals surface area (Å²) in [6.45, 7) is 3.87. The van der Waals surface area contributed by atoms with E-state index < -0.39 is 4.92 Å². The molecule has 0 atom stereocenters. The number of aromatic nitrogens is 1. The van der Waals surface area contributed by atoms with Gasteiger partial charge in [0.1, 0.15) is 7.05 Å². The second-order valence-electron chi connectivity index (χ2n) is 5.48. The topological polar surface area (TPSA) is 47.0 Å². The maximum atomic E-state index is 10.8. The van der Waals surface area contributed by atoms with Crippen LogP contribution in [0.2, 0.25) is 0 Å². The number of benzene rings is 2. The molecule has 24 heavy (non-hydrogen) atoms. The van der Waals surface area contributed by atoms with Gasteiger partial charge in [-0.25, -0.2) is 0 Å². The van der Waals surface area contributed by atoms with Crippen LogP contribution < -0.4 is 4.57 Å². The Labute approximate surface area is 140 Å². The molecule has 0 fully saturated rings. The Kier molecular flexibility index (Phi) is 4.20. The molecular formula is C20H17N2O2+. The minimum atomic E-state index is -0.398. The van der Waals surface area contributed by atoms with E-state index in [9.17, 15) is 10.1 Å². The molecule has 0 aliphatic carbocycles. The summed E-state index contributed by atoms with van der Waals surface area (Å²) in [7, 11) is 2.02. The quantitative estimate of drug-likeness (QED) is 0.312. The van der Waals surface area contributed by atoms with Gasteiger partial charge >= 0.3 is 0 Å². The Hall–Kier alpha value is -3.27. The third-order valence-corrected chi connectivity index (χ3v) is 4.05. The molecule has 0 saturated carbocycles. The van der Waals surface area contributed by atoms with E-state index in [4.69, 9.17) is 0 Å². The summed E-state index contributed by atoms with van der Waals surface area (Å²) in [6.07, 6.45) is 3.79. The highest BCUT2D eigenvalue weighted by Crippen LogP contribution is 2.22. The van der Waals surface area contributed by atoms with Crippen molar-refractivity contribution in [2.24, 2.45) is 7.05 Å². The standard InChI is InChI=1S/C20H17N2O2/c1-3-15(16-8-11-18(12-9-16)22(23)24)14-19-13-10-17-6-4-5-7-20(17)21(19)2/h3-14H,1H2,2H3/q+1. The Balaban J connectivity index is 2.06. The largest absolute Gasteiger partial charge is 0.269 e. The molecule has 118 valence electrons.